The largest absolute Gasteiger partial charge is 0.464 e. The Bertz CT molecular complexity index is 1070. The van der Waals surface area contributed by atoms with Gasteiger partial charge in [-0.2, -0.15) is 5.26 Å². The summed E-state index contributed by atoms with van der Waals surface area (Å²) in [5, 5.41) is 13.7. The summed E-state index contributed by atoms with van der Waals surface area (Å²) in [6, 6.07) is 13.8. The van der Waals surface area contributed by atoms with Gasteiger partial charge in [0.05, 0.1) is 23.4 Å². The summed E-state index contributed by atoms with van der Waals surface area (Å²) in [5.74, 6) is -0.0348. The highest BCUT2D eigenvalue weighted by Gasteiger charge is 2.49. The third-order valence-electron chi connectivity index (χ3n) is 6.66. The summed E-state index contributed by atoms with van der Waals surface area (Å²) < 4.78 is 5.44. The summed E-state index contributed by atoms with van der Waals surface area (Å²) in [6.45, 7) is 0. The number of nitrogens with one attached hydrogen (secondary N) is 1. The number of hydrogen-bond acceptors (Lipinski definition) is 4. The Hall–Kier alpha value is -3.13. The molecule has 0 aliphatic heterocycles. The van der Waals surface area contributed by atoms with Gasteiger partial charge >= 0.3 is 0 Å². The number of amides is 1. The number of rotatable bonds is 3. The van der Waals surface area contributed by atoms with Gasteiger partial charge in [-0.1, -0.05) is 12.1 Å². The van der Waals surface area contributed by atoms with Crippen LogP contribution in [0.3, 0.4) is 0 Å². The molecule has 6 rings (SSSR count). The van der Waals surface area contributed by atoms with Crippen molar-refractivity contribution in [2.24, 2.45) is 5.41 Å². The lowest BCUT2D eigenvalue weighted by Gasteiger charge is -2.50. The topological polar surface area (TPSA) is 78.9 Å². The van der Waals surface area contributed by atoms with Crippen LogP contribution in [-0.4, -0.2) is 16.4 Å². The maximum absolute atomic E-state index is 12.9. The third-order valence-corrected chi connectivity index (χ3v) is 6.66. The monoisotopic (exact) mass is 371 g/mol. The number of pyridine rings is 1. The van der Waals surface area contributed by atoms with Crippen molar-refractivity contribution in [1.29, 1.82) is 5.26 Å². The first-order valence-corrected chi connectivity index (χ1v) is 9.79. The highest BCUT2D eigenvalue weighted by molar-refractivity contribution is 5.96. The minimum absolute atomic E-state index is 0.0348. The number of carbonyl (C=O) groups is 1. The first-order chi connectivity index (χ1) is 13.6. The lowest BCUT2D eigenvalue weighted by Crippen LogP contribution is -2.56. The molecule has 1 amide bonds. The van der Waals surface area contributed by atoms with E-state index in [4.69, 9.17) is 4.42 Å². The fraction of sp³-hybridized carbons (Fsp3) is 0.348. The number of carbonyl (C=O) groups excluding carboxylic acids is 1. The van der Waals surface area contributed by atoms with Crippen molar-refractivity contribution in [3.8, 4) is 17.3 Å². The molecule has 0 radical (unpaired) electrons. The fourth-order valence-electron chi connectivity index (χ4n) is 4.76. The summed E-state index contributed by atoms with van der Waals surface area (Å²) in [4.78, 5) is 17.3. The Kier molecular flexibility index (Phi) is 3.77. The number of benzene rings is 1. The minimum atomic E-state index is -0.144. The van der Waals surface area contributed by atoms with E-state index in [1.165, 1.54) is 0 Å². The van der Waals surface area contributed by atoms with Crippen LogP contribution in [0.1, 0.15) is 48.9 Å². The Morgan fingerprint density at radius 3 is 2.43 bits per heavy atom. The summed E-state index contributed by atoms with van der Waals surface area (Å²) in [5.41, 5.74) is 2.97. The Balaban J connectivity index is 1.35. The average molecular weight is 371 g/mol. The zero-order valence-corrected chi connectivity index (χ0v) is 15.6. The van der Waals surface area contributed by atoms with Gasteiger partial charge in [-0.25, -0.2) is 0 Å². The van der Waals surface area contributed by atoms with Crippen LogP contribution in [0.5, 0.6) is 0 Å². The fourth-order valence-corrected chi connectivity index (χ4v) is 4.76. The van der Waals surface area contributed by atoms with E-state index in [9.17, 15) is 10.1 Å². The maximum Gasteiger partial charge on any atom is 0.251 e. The molecular formula is C23H21N3O2. The molecule has 140 valence electrons. The second kappa shape index (κ2) is 6.20. The smallest absolute Gasteiger partial charge is 0.251 e. The zero-order chi connectivity index (χ0) is 19.2. The van der Waals surface area contributed by atoms with Crippen LogP contribution in [0, 0.1) is 16.7 Å². The Morgan fingerprint density at radius 2 is 1.75 bits per heavy atom. The van der Waals surface area contributed by atoms with E-state index in [2.05, 4.69) is 16.4 Å². The molecule has 2 heterocycles. The molecule has 3 aliphatic carbocycles. The molecule has 0 saturated heterocycles. The first kappa shape index (κ1) is 17.0. The van der Waals surface area contributed by atoms with Crippen molar-refractivity contribution >= 4 is 16.9 Å². The number of nitriles is 1. The number of nitrogens with zero attached hydrogens (tertiary/aromatic N) is 2. The molecule has 1 N–H and O–H groups in total. The maximum atomic E-state index is 12.9. The second-order valence-electron chi connectivity index (χ2n) is 8.20. The van der Waals surface area contributed by atoms with Crippen molar-refractivity contribution in [2.45, 2.75) is 44.1 Å². The molecule has 3 fully saturated rings. The van der Waals surface area contributed by atoms with E-state index in [1.807, 2.05) is 36.4 Å². The van der Waals surface area contributed by atoms with Gasteiger partial charge in [0.1, 0.15) is 5.58 Å². The number of fused-ring (bicyclic) bond motifs is 4. The van der Waals surface area contributed by atoms with Gasteiger partial charge in [0.25, 0.3) is 5.91 Å². The minimum Gasteiger partial charge on any atom is -0.464 e. The van der Waals surface area contributed by atoms with Crippen LogP contribution < -0.4 is 5.32 Å². The normalized spacial score (nSPS) is 26.1. The molecule has 2 aromatic heterocycles. The number of hydrogen-bond donors (Lipinski definition) is 1. The molecule has 0 spiro atoms. The van der Waals surface area contributed by atoms with E-state index in [1.54, 1.807) is 12.5 Å². The average Bonchev–Trinajstić information content (AvgIpc) is 3.24. The summed E-state index contributed by atoms with van der Waals surface area (Å²) in [7, 11) is 0. The van der Waals surface area contributed by atoms with Crippen molar-refractivity contribution < 1.29 is 9.21 Å². The molecule has 1 aromatic carbocycles. The summed E-state index contributed by atoms with van der Waals surface area (Å²) >= 11 is 0. The Morgan fingerprint density at radius 1 is 1.04 bits per heavy atom. The van der Waals surface area contributed by atoms with Gasteiger partial charge in [0.2, 0.25) is 0 Å². The van der Waals surface area contributed by atoms with Crippen molar-refractivity contribution in [2.75, 3.05) is 0 Å². The summed E-state index contributed by atoms with van der Waals surface area (Å²) in [6.07, 6.45) is 8.76. The third kappa shape index (κ3) is 2.68. The van der Waals surface area contributed by atoms with Gasteiger partial charge in [-0.3, -0.25) is 9.78 Å². The molecule has 28 heavy (non-hydrogen) atoms. The molecule has 5 nitrogen and oxygen atoms in total. The van der Waals surface area contributed by atoms with Crippen molar-refractivity contribution in [3.63, 3.8) is 0 Å². The van der Waals surface area contributed by atoms with Gasteiger partial charge in [0, 0.05) is 28.2 Å². The Labute approximate surface area is 163 Å². The van der Waals surface area contributed by atoms with Crippen molar-refractivity contribution in [3.05, 3.63) is 54.4 Å². The molecule has 0 unspecified atom stereocenters. The predicted molar refractivity (Wildman–Crippen MR) is 105 cm³/mol. The first-order valence-electron chi connectivity index (χ1n) is 9.79. The van der Waals surface area contributed by atoms with E-state index in [-0.39, 0.29) is 16.9 Å². The van der Waals surface area contributed by atoms with Crippen LogP contribution in [0.25, 0.3) is 22.2 Å². The van der Waals surface area contributed by atoms with E-state index < -0.39 is 0 Å². The van der Waals surface area contributed by atoms with Crippen LogP contribution in [0.4, 0.5) is 0 Å². The van der Waals surface area contributed by atoms with E-state index >= 15 is 0 Å². The number of furan rings is 1. The van der Waals surface area contributed by atoms with E-state index in [0.29, 0.717) is 5.56 Å². The predicted octanol–water partition coefficient (Wildman–Crippen LogP) is 4.84. The molecule has 3 aromatic rings. The zero-order valence-electron chi connectivity index (χ0n) is 15.6. The molecule has 2 bridgehead atoms. The highest BCUT2D eigenvalue weighted by atomic mass is 16.3. The van der Waals surface area contributed by atoms with Gasteiger partial charge < -0.3 is 9.73 Å². The number of aromatic nitrogens is 1. The van der Waals surface area contributed by atoms with Gasteiger partial charge in [-0.05, 0) is 62.8 Å². The molecule has 0 atom stereocenters. The quantitative estimate of drug-likeness (QED) is 0.714. The van der Waals surface area contributed by atoms with Gasteiger partial charge in [-0.15, -0.1) is 0 Å². The van der Waals surface area contributed by atoms with E-state index in [0.717, 1.165) is 60.8 Å². The van der Waals surface area contributed by atoms with Crippen LogP contribution in [-0.2, 0) is 0 Å². The highest BCUT2D eigenvalue weighted by Crippen LogP contribution is 2.51. The lowest BCUT2D eigenvalue weighted by atomic mass is 9.58. The molecule has 3 aliphatic rings. The lowest BCUT2D eigenvalue weighted by molar-refractivity contribution is 0.0521. The van der Waals surface area contributed by atoms with Crippen LogP contribution in [0.15, 0.2) is 53.3 Å². The second-order valence-corrected chi connectivity index (χ2v) is 8.20. The van der Waals surface area contributed by atoms with Gasteiger partial charge in [0.15, 0.2) is 0 Å². The van der Waals surface area contributed by atoms with Crippen molar-refractivity contribution in [1.82, 2.24) is 10.3 Å². The van der Waals surface area contributed by atoms with Crippen LogP contribution in [0.2, 0.25) is 0 Å². The van der Waals surface area contributed by atoms with Crippen LogP contribution >= 0.6 is 0 Å². The molecular weight excluding hydrogens is 350 g/mol. The SMILES string of the molecule is N#CC12CCC(NC(=O)c3ccc(-c4nccc5occc45)cc3)(CC1)CC2. The standard InChI is InChI=1S/C23H21N3O2/c24-15-22-7-10-23(11-8-22,12-9-22)26-21(27)17-3-1-16(2-4-17)20-18-6-14-28-19(18)5-13-25-20/h1-6,13-14H,7-12H2,(H,26,27). The molecule has 3 saturated carbocycles. The molecule has 5 heteroatoms.